The second-order valence-electron chi connectivity index (χ2n) is 7.65. The zero-order valence-electron chi connectivity index (χ0n) is 17.2. The maximum atomic E-state index is 13.6. The normalized spacial score (nSPS) is 11.5. The molecule has 0 radical (unpaired) electrons. The molecule has 0 aliphatic heterocycles. The minimum absolute atomic E-state index is 0.0195. The molecule has 4 rings (SSSR count). The van der Waals surface area contributed by atoms with E-state index >= 15 is 0 Å². The molecule has 0 unspecified atom stereocenters. The summed E-state index contributed by atoms with van der Waals surface area (Å²) in [5, 5.41) is 7.50. The Labute approximate surface area is 176 Å². The predicted molar refractivity (Wildman–Crippen MR) is 115 cm³/mol. The quantitative estimate of drug-likeness (QED) is 0.513. The Morgan fingerprint density at radius 1 is 1.13 bits per heavy atom. The highest BCUT2D eigenvalue weighted by molar-refractivity contribution is 5.80. The van der Waals surface area contributed by atoms with E-state index in [1.807, 2.05) is 13.8 Å². The van der Waals surface area contributed by atoms with Gasteiger partial charge in [-0.2, -0.15) is 0 Å². The molecule has 0 aliphatic carbocycles. The summed E-state index contributed by atoms with van der Waals surface area (Å²) >= 11 is 0. The Bertz CT molecular complexity index is 1400. The van der Waals surface area contributed by atoms with Crippen molar-refractivity contribution in [1.82, 2.24) is 24.1 Å². The van der Waals surface area contributed by atoms with Crippen LogP contribution in [0.2, 0.25) is 0 Å². The Balaban J connectivity index is 1.86. The van der Waals surface area contributed by atoms with E-state index in [1.54, 1.807) is 36.4 Å². The number of para-hydroxylation sites is 1. The molecule has 0 spiro atoms. The number of aromatic nitrogens is 4. The van der Waals surface area contributed by atoms with Crippen molar-refractivity contribution >= 4 is 22.6 Å². The number of amides is 1. The van der Waals surface area contributed by atoms with E-state index in [0.29, 0.717) is 16.5 Å². The summed E-state index contributed by atoms with van der Waals surface area (Å²) in [6, 6.07) is 12.7. The molecule has 0 aliphatic rings. The first-order chi connectivity index (χ1) is 14.8. The molecule has 0 atom stereocenters. The van der Waals surface area contributed by atoms with Crippen LogP contribution in [0.1, 0.15) is 25.8 Å². The summed E-state index contributed by atoms with van der Waals surface area (Å²) in [5.74, 6) is -0.468. The van der Waals surface area contributed by atoms with Gasteiger partial charge in [0.15, 0.2) is 0 Å². The average Bonchev–Trinajstić information content (AvgIpc) is 3.03. The lowest BCUT2D eigenvalue weighted by Crippen LogP contribution is -2.32. The van der Waals surface area contributed by atoms with Crippen LogP contribution in [0.4, 0.5) is 4.39 Å². The molecule has 2 aromatic heterocycles. The third-order valence-corrected chi connectivity index (χ3v) is 4.92. The summed E-state index contributed by atoms with van der Waals surface area (Å²) in [7, 11) is 0. The summed E-state index contributed by atoms with van der Waals surface area (Å²) in [5.41, 5.74) is 0.222. The van der Waals surface area contributed by atoms with E-state index in [0.717, 1.165) is 0 Å². The number of fused-ring (bicyclic) bond motifs is 3. The maximum absolute atomic E-state index is 13.6. The van der Waals surface area contributed by atoms with Crippen LogP contribution in [0.5, 0.6) is 0 Å². The van der Waals surface area contributed by atoms with Crippen LogP contribution in [0, 0.1) is 5.82 Å². The summed E-state index contributed by atoms with van der Waals surface area (Å²) in [4.78, 5) is 38.4. The third-order valence-electron chi connectivity index (χ3n) is 4.92. The summed E-state index contributed by atoms with van der Waals surface area (Å²) < 4.78 is 17.5. The van der Waals surface area contributed by atoms with Crippen LogP contribution in [0.15, 0.2) is 58.1 Å². The number of benzene rings is 2. The molecular formula is C22H22FN5O3. The van der Waals surface area contributed by atoms with Gasteiger partial charge in [-0.1, -0.05) is 24.3 Å². The van der Waals surface area contributed by atoms with Gasteiger partial charge in [0.1, 0.15) is 5.82 Å². The van der Waals surface area contributed by atoms with E-state index in [1.165, 1.54) is 25.8 Å². The first-order valence-corrected chi connectivity index (χ1v) is 10.00. The van der Waals surface area contributed by atoms with Crippen LogP contribution in [-0.4, -0.2) is 30.7 Å². The second kappa shape index (κ2) is 8.17. The van der Waals surface area contributed by atoms with E-state index in [-0.39, 0.29) is 42.8 Å². The molecule has 1 amide bonds. The fourth-order valence-corrected chi connectivity index (χ4v) is 3.59. The predicted octanol–water partition coefficient (Wildman–Crippen LogP) is 1.91. The van der Waals surface area contributed by atoms with Crippen molar-refractivity contribution in [1.29, 1.82) is 0 Å². The Kier molecular flexibility index (Phi) is 5.41. The molecule has 0 bridgehead atoms. The number of carbonyl (C=O) groups excluding carboxylic acids is 1. The zero-order valence-corrected chi connectivity index (χ0v) is 17.2. The molecule has 160 valence electrons. The number of halogens is 1. The first kappa shape index (κ1) is 20.5. The van der Waals surface area contributed by atoms with E-state index in [9.17, 15) is 18.8 Å². The average molecular weight is 423 g/mol. The van der Waals surface area contributed by atoms with Crippen molar-refractivity contribution in [2.75, 3.05) is 0 Å². The highest BCUT2D eigenvalue weighted by Gasteiger charge is 2.18. The van der Waals surface area contributed by atoms with Gasteiger partial charge in [-0.15, -0.1) is 5.10 Å². The van der Waals surface area contributed by atoms with E-state index in [4.69, 9.17) is 0 Å². The van der Waals surface area contributed by atoms with Gasteiger partial charge in [-0.3, -0.25) is 14.2 Å². The minimum atomic E-state index is -0.448. The first-order valence-electron chi connectivity index (χ1n) is 10.00. The van der Waals surface area contributed by atoms with Crippen LogP contribution in [-0.2, 0) is 17.9 Å². The van der Waals surface area contributed by atoms with Crippen molar-refractivity contribution in [2.45, 2.75) is 39.4 Å². The van der Waals surface area contributed by atoms with Crippen LogP contribution in [0.3, 0.4) is 0 Å². The lowest BCUT2D eigenvalue weighted by Gasteiger charge is -2.11. The highest BCUT2D eigenvalue weighted by Crippen LogP contribution is 2.12. The van der Waals surface area contributed by atoms with Gasteiger partial charge in [-0.05, 0) is 43.7 Å². The second-order valence-corrected chi connectivity index (χ2v) is 7.65. The molecular weight excluding hydrogens is 401 g/mol. The standard InChI is InChI=1S/C22H22FN5O3/c1-14(2)24-19(29)10-11-26-20(30)17-8-3-4-9-18(17)28-21(26)25-27(22(28)31)13-15-6-5-7-16(23)12-15/h3-9,12,14H,10-11,13H2,1-2H3,(H,24,29). The van der Waals surface area contributed by atoms with Crippen LogP contribution in [0.25, 0.3) is 16.7 Å². The fourth-order valence-electron chi connectivity index (χ4n) is 3.59. The fraction of sp³-hybridized carbons (Fsp3) is 0.273. The van der Waals surface area contributed by atoms with E-state index < -0.39 is 11.5 Å². The molecule has 2 aromatic carbocycles. The number of carbonyl (C=O) groups is 1. The maximum Gasteiger partial charge on any atom is 0.352 e. The SMILES string of the molecule is CC(C)NC(=O)CCn1c(=O)c2ccccc2n2c(=O)n(Cc3cccc(F)c3)nc12. The molecule has 0 saturated carbocycles. The smallest absolute Gasteiger partial charge is 0.352 e. The Morgan fingerprint density at radius 3 is 2.65 bits per heavy atom. The lowest BCUT2D eigenvalue weighted by molar-refractivity contribution is -0.121. The van der Waals surface area contributed by atoms with Crippen molar-refractivity contribution in [3.05, 3.63) is 80.7 Å². The van der Waals surface area contributed by atoms with Gasteiger partial charge in [0, 0.05) is 19.0 Å². The minimum Gasteiger partial charge on any atom is -0.354 e. The number of rotatable bonds is 6. The molecule has 8 nitrogen and oxygen atoms in total. The van der Waals surface area contributed by atoms with Crippen molar-refractivity contribution < 1.29 is 9.18 Å². The molecule has 0 saturated heterocycles. The number of nitrogens with zero attached hydrogens (tertiary/aromatic N) is 4. The van der Waals surface area contributed by atoms with Crippen molar-refractivity contribution in [2.24, 2.45) is 0 Å². The lowest BCUT2D eigenvalue weighted by atomic mass is 10.2. The van der Waals surface area contributed by atoms with Gasteiger partial charge in [0.2, 0.25) is 11.7 Å². The zero-order chi connectivity index (χ0) is 22.1. The van der Waals surface area contributed by atoms with Crippen molar-refractivity contribution in [3.63, 3.8) is 0 Å². The third kappa shape index (κ3) is 3.98. The highest BCUT2D eigenvalue weighted by atomic mass is 19.1. The largest absolute Gasteiger partial charge is 0.354 e. The molecule has 4 aromatic rings. The topological polar surface area (TPSA) is 90.4 Å². The van der Waals surface area contributed by atoms with Gasteiger partial charge in [0.25, 0.3) is 5.56 Å². The summed E-state index contributed by atoms with van der Waals surface area (Å²) in [6.45, 7) is 3.83. The number of hydrogen-bond acceptors (Lipinski definition) is 4. The summed E-state index contributed by atoms with van der Waals surface area (Å²) in [6.07, 6.45) is 0.0665. The van der Waals surface area contributed by atoms with Crippen molar-refractivity contribution in [3.8, 4) is 0 Å². The number of nitrogens with one attached hydrogen (secondary N) is 1. The molecule has 31 heavy (non-hydrogen) atoms. The molecule has 9 heteroatoms. The number of aryl methyl sites for hydroxylation is 1. The van der Waals surface area contributed by atoms with E-state index in [2.05, 4.69) is 10.4 Å². The molecule has 2 heterocycles. The molecule has 0 fully saturated rings. The number of hydrogen-bond donors (Lipinski definition) is 1. The monoisotopic (exact) mass is 423 g/mol. The van der Waals surface area contributed by atoms with Crippen LogP contribution >= 0.6 is 0 Å². The van der Waals surface area contributed by atoms with Crippen LogP contribution < -0.4 is 16.6 Å². The van der Waals surface area contributed by atoms with Gasteiger partial charge < -0.3 is 5.32 Å². The van der Waals surface area contributed by atoms with Gasteiger partial charge >= 0.3 is 5.69 Å². The Hall–Kier alpha value is -3.75. The van der Waals surface area contributed by atoms with Gasteiger partial charge in [-0.25, -0.2) is 18.3 Å². The Morgan fingerprint density at radius 2 is 1.90 bits per heavy atom. The van der Waals surface area contributed by atoms with Gasteiger partial charge in [0.05, 0.1) is 17.4 Å². The molecule has 1 N–H and O–H groups in total.